The van der Waals surface area contributed by atoms with Gasteiger partial charge in [-0.05, 0) is 74.8 Å². The van der Waals surface area contributed by atoms with Crippen molar-refractivity contribution in [3.63, 3.8) is 0 Å². The van der Waals surface area contributed by atoms with Gasteiger partial charge in [0.25, 0.3) is 5.56 Å². The average Bonchev–Trinajstić information content (AvgIpc) is 3.19. The number of aromatic nitrogens is 1. The second-order valence-electron chi connectivity index (χ2n) is 8.33. The first-order chi connectivity index (χ1) is 16.0. The monoisotopic (exact) mass is 461 g/mol. The first-order valence-corrected chi connectivity index (χ1v) is 11.9. The molecule has 1 fully saturated rings. The number of nitrogens with one attached hydrogen (secondary N) is 2. The Hall–Kier alpha value is -3.29. The zero-order valence-electron chi connectivity index (χ0n) is 18.2. The number of thiophene rings is 1. The number of carbonyl (C=O) groups is 1. The van der Waals surface area contributed by atoms with Crippen LogP contribution in [0.1, 0.15) is 34.3 Å². The number of ketones is 1. The summed E-state index contributed by atoms with van der Waals surface area (Å²) in [6, 6.07) is 17.3. The molecule has 2 N–H and O–H groups in total. The number of rotatable bonds is 5. The van der Waals surface area contributed by atoms with E-state index in [1.165, 1.54) is 29.5 Å². The van der Waals surface area contributed by atoms with Crippen LogP contribution in [0.15, 0.2) is 65.5 Å². The van der Waals surface area contributed by atoms with Gasteiger partial charge in [0.1, 0.15) is 15.6 Å². The smallest absolute Gasteiger partial charge is 0.256 e. The van der Waals surface area contributed by atoms with E-state index in [0.29, 0.717) is 26.9 Å². The lowest BCUT2D eigenvalue weighted by molar-refractivity contribution is 0.104. The lowest BCUT2D eigenvalue weighted by Crippen LogP contribution is -2.35. The van der Waals surface area contributed by atoms with Gasteiger partial charge in [-0.3, -0.25) is 14.2 Å². The maximum Gasteiger partial charge on any atom is 0.256 e. The Balaban J connectivity index is 1.71. The quantitative estimate of drug-likeness (QED) is 0.415. The molecule has 5 nitrogen and oxygen atoms in total. The Labute approximate surface area is 194 Å². The van der Waals surface area contributed by atoms with Gasteiger partial charge in [0.05, 0.1) is 11.3 Å². The molecule has 1 aliphatic heterocycles. The number of nitrogens with zero attached hydrogens (tertiary/aromatic N) is 1. The van der Waals surface area contributed by atoms with E-state index in [2.05, 4.69) is 10.6 Å². The number of carbonyl (C=O) groups excluding carboxylic acids is 1. The summed E-state index contributed by atoms with van der Waals surface area (Å²) in [5.74, 6) is -0.522. The van der Waals surface area contributed by atoms with Crippen molar-refractivity contribution in [1.82, 2.24) is 9.88 Å². The largest absolute Gasteiger partial charge is 0.373 e. The molecule has 1 aliphatic rings. The highest BCUT2D eigenvalue weighted by Gasteiger charge is 2.25. The van der Waals surface area contributed by atoms with Gasteiger partial charge in [0.2, 0.25) is 0 Å². The number of hydrogen-bond acceptors (Lipinski definition) is 5. The summed E-state index contributed by atoms with van der Waals surface area (Å²) < 4.78 is 15.5. The summed E-state index contributed by atoms with van der Waals surface area (Å²) in [6.45, 7) is 3.48. The minimum absolute atomic E-state index is 0.153. The normalized spacial score (nSPS) is 14.5. The molecule has 0 aliphatic carbocycles. The fraction of sp³-hybridized carbons (Fsp3) is 0.231. The zero-order valence-corrected chi connectivity index (χ0v) is 19.0. The number of pyridine rings is 1. The molecular weight excluding hydrogens is 437 g/mol. The summed E-state index contributed by atoms with van der Waals surface area (Å²) in [7, 11) is 0. The maximum absolute atomic E-state index is 13.9. The van der Waals surface area contributed by atoms with Crippen LogP contribution < -0.4 is 16.2 Å². The summed E-state index contributed by atoms with van der Waals surface area (Å²) in [6.07, 6.45) is 1.89. The van der Waals surface area contributed by atoms with E-state index in [-0.39, 0.29) is 23.2 Å². The van der Waals surface area contributed by atoms with Crippen LogP contribution in [0.5, 0.6) is 0 Å². The molecule has 0 bridgehead atoms. The maximum atomic E-state index is 13.9. The molecule has 33 heavy (non-hydrogen) atoms. The molecule has 0 radical (unpaired) electrons. The second kappa shape index (κ2) is 8.92. The SMILES string of the molecule is Cc1cc(C(=O)c2c(NC3CCNCC3)sc3c2ccc(=O)n3-c2ccccc2)ccc1F. The van der Waals surface area contributed by atoms with E-state index in [9.17, 15) is 14.0 Å². The van der Waals surface area contributed by atoms with Crippen LogP contribution in [0, 0.1) is 12.7 Å². The van der Waals surface area contributed by atoms with Crippen LogP contribution in [0.3, 0.4) is 0 Å². The van der Waals surface area contributed by atoms with Gasteiger partial charge in [-0.1, -0.05) is 29.5 Å². The molecular formula is C26H24FN3O2S. The third kappa shape index (κ3) is 4.10. The van der Waals surface area contributed by atoms with Crippen molar-refractivity contribution in [3.05, 3.63) is 93.5 Å². The molecule has 0 atom stereocenters. The zero-order chi connectivity index (χ0) is 22.9. The molecule has 5 rings (SSSR count). The van der Waals surface area contributed by atoms with E-state index in [1.54, 1.807) is 23.6 Å². The highest BCUT2D eigenvalue weighted by Crippen LogP contribution is 2.38. The number of para-hydroxylation sites is 1. The van der Waals surface area contributed by atoms with Gasteiger partial charge >= 0.3 is 0 Å². The molecule has 168 valence electrons. The Kier molecular flexibility index (Phi) is 5.83. The number of piperidine rings is 1. The third-order valence-corrected chi connectivity index (χ3v) is 7.20. The molecule has 4 aromatic rings. The predicted octanol–water partition coefficient (Wildman–Crippen LogP) is 4.89. The molecule has 2 aromatic carbocycles. The average molecular weight is 462 g/mol. The van der Waals surface area contributed by atoms with Gasteiger partial charge in [0, 0.05) is 23.1 Å². The van der Waals surface area contributed by atoms with Gasteiger partial charge in [0.15, 0.2) is 5.78 Å². The Morgan fingerprint density at radius 1 is 1.09 bits per heavy atom. The lowest BCUT2D eigenvalue weighted by atomic mass is 10.00. The van der Waals surface area contributed by atoms with E-state index < -0.39 is 0 Å². The van der Waals surface area contributed by atoms with Crippen LogP contribution in [-0.2, 0) is 0 Å². The number of aryl methyl sites for hydroxylation is 1. The Bertz CT molecular complexity index is 1390. The summed E-state index contributed by atoms with van der Waals surface area (Å²) >= 11 is 1.42. The standard InChI is InChI=1S/C26H24FN3O2S/c1-16-15-17(7-9-21(16)27)24(32)23-20-8-10-22(31)30(19-5-3-2-4-6-19)26(20)33-25(23)29-18-11-13-28-14-12-18/h2-10,15,18,28-29H,11-14H2,1H3. The number of benzene rings is 2. The van der Waals surface area contributed by atoms with Crippen molar-refractivity contribution in [2.75, 3.05) is 18.4 Å². The number of halogens is 1. The molecule has 0 saturated carbocycles. The van der Waals surface area contributed by atoms with Gasteiger partial charge in [-0.2, -0.15) is 0 Å². The molecule has 0 unspecified atom stereocenters. The number of hydrogen-bond donors (Lipinski definition) is 2. The Morgan fingerprint density at radius 3 is 2.58 bits per heavy atom. The third-order valence-electron chi connectivity index (χ3n) is 6.08. The van der Waals surface area contributed by atoms with Crippen LogP contribution in [0.4, 0.5) is 9.39 Å². The highest BCUT2D eigenvalue weighted by molar-refractivity contribution is 7.23. The first kappa shape index (κ1) is 21.6. The summed E-state index contributed by atoms with van der Waals surface area (Å²) in [5.41, 5.74) is 1.98. The molecule has 7 heteroatoms. The minimum atomic E-state index is -0.340. The second-order valence-corrected chi connectivity index (χ2v) is 9.33. The molecule has 2 aromatic heterocycles. The topological polar surface area (TPSA) is 63.1 Å². The minimum Gasteiger partial charge on any atom is -0.373 e. The van der Waals surface area contributed by atoms with Crippen LogP contribution in [-0.4, -0.2) is 29.5 Å². The van der Waals surface area contributed by atoms with E-state index in [1.807, 2.05) is 30.3 Å². The van der Waals surface area contributed by atoms with Crippen molar-refractivity contribution in [2.24, 2.45) is 0 Å². The van der Waals surface area contributed by atoms with E-state index >= 15 is 0 Å². The number of anilines is 1. The Morgan fingerprint density at radius 2 is 1.85 bits per heavy atom. The van der Waals surface area contributed by atoms with Crippen molar-refractivity contribution in [2.45, 2.75) is 25.8 Å². The van der Waals surface area contributed by atoms with Crippen molar-refractivity contribution < 1.29 is 9.18 Å². The molecule has 0 amide bonds. The summed E-state index contributed by atoms with van der Waals surface area (Å²) in [4.78, 5) is 27.3. The van der Waals surface area contributed by atoms with Crippen molar-refractivity contribution in [1.29, 1.82) is 0 Å². The van der Waals surface area contributed by atoms with E-state index in [4.69, 9.17) is 0 Å². The summed E-state index contributed by atoms with van der Waals surface area (Å²) in [5, 5.41) is 8.40. The van der Waals surface area contributed by atoms with Crippen LogP contribution in [0.25, 0.3) is 15.9 Å². The number of fused-ring (bicyclic) bond motifs is 1. The highest BCUT2D eigenvalue weighted by atomic mass is 32.1. The van der Waals surface area contributed by atoms with Gasteiger partial charge < -0.3 is 10.6 Å². The molecule has 3 heterocycles. The fourth-order valence-corrected chi connectivity index (χ4v) is 5.60. The predicted molar refractivity (Wildman–Crippen MR) is 132 cm³/mol. The molecule has 1 saturated heterocycles. The van der Waals surface area contributed by atoms with E-state index in [0.717, 1.165) is 36.6 Å². The first-order valence-electron chi connectivity index (χ1n) is 11.0. The fourth-order valence-electron chi connectivity index (χ4n) is 4.31. The van der Waals surface area contributed by atoms with Crippen LogP contribution in [0.2, 0.25) is 0 Å². The molecule has 0 spiro atoms. The van der Waals surface area contributed by atoms with Crippen LogP contribution >= 0.6 is 11.3 Å². The lowest BCUT2D eigenvalue weighted by Gasteiger charge is -2.24. The van der Waals surface area contributed by atoms with Crippen molar-refractivity contribution >= 4 is 32.3 Å². The van der Waals surface area contributed by atoms with Gasteiger partial charge in [-0.25, -0.2) is 4.39 Å². The van der Waals surface area contributed by atoms with Gasteiger partial charge in [-0.15, -0.1) is 0 Å². The van der Waals surface area contributed by atoms with Crippen molar-refractivity contribution in [3.8, 4) is 5.69 Å².